The van der Waals surface area contributed by atoms with Crippen LogP contribution in [-0.2, 0) is 25.6 Å². The number of rotatable bonds is 23. The highest BCUT2D eigenvalue weighted by molar-refractivity contribution is 5.89. The Balaban J connectivity index is 1.36. The highest BCUT2D eigenvalue weighted by atomic mass is 16.3. The summed E-state index contributed by atoms with van der Waals surface area (Å²) in [6, 6.07) is 25.2. The van der Waals surface area contributed by atoms with E-state index in [4.69, 9.17) is 11.1 Å². The van der Waals surface area contributed by atoms with Crippen molar-refractivity contribution < 1.29 is 24.3 Å². The number of carbonyl (C=O) groups is 4. The molecule has 14 nitrogen and oxygen atoms in total. The predicted molar refractivity (Wildman–Crippen MR) is 200 cm³/mol. The molecule has 1 atom stereocenters. The maximum atomic E-state index is 13.1. The maximum Gasteiger partial charge on any atom is 0.244 e. The lowest BCUT2D eigenvalue weighted by molar-refractivity contribution is -0.130. The number of hydrogen-bond donors (Lipinski definition) is 9. The number of nitrogens with one attached hydrogen (secondary N) is 7. The highest BCUT2D eigenvalue weighted by Gasteiger charge is 2.19. The van der Waals surface area contributed by atoms with E-state index in [1.807, 2.05) is 72.8 Å². The molecule has 0 saturated carbocycles. The number of nitrogens with two attached hydrogens (primary N) is 1. The first-order valence-electron chi connectivity index (χ1n) is 17.2. The molecule has 0 aliphatic carbocycles. The van der Waals surface area contributed by atoms with Crippen molar-refractivity contribution in [1.29, 1.82) is 5.41 Å². The van der Waals surface area contributed by atoms with Gasteiger partial charge in [-0.05, 0) is 74.1 Å². The monoisotopic (exact) mass is 701 g/mol. The van der Waals surface area contributed by atoms with Crippen LogP contribution in [0.5, 0.6) is 0 Å². The van der Waals surface area contributed by atoms with Crippen LogP contribution in [0.2, 0.25) is 0 Å². The second kappa shape index (κ2) is 22.9. The minimum absolute atomic E-state index is 0.0787. The Bertz CT molecular complexity index is 1510. The average Bonchev–Trinajstić information content (AvgIpc) is 3.14. The van der Waals surface area contributed by atoms with Gasteiger partial charge in [0.25, 0.3) is 0 Å². The molecule has 10 N–H and O–H groups in total. The number of aliphatic hydroxyl groups is 1. The van der Waals surface area contributed by atoms with E-state index < -0.39 is 18.6 Å². The summed E-state index contributed by atoms with van der Waals surface area (Å²) in [5, 5.41) is 34.2. The number of para-hydroxylation sites is 2. The summed E-state index contributed by atoms with van der Waals surface area (Å²) in [5.41, 5.74) is 8.75. The molecule has 0 aromatic heterocycles. The van der Waals surface area contributed by atoms with Crippen molar-refractivity contribution in [2.24, 2.45) is 5.73 Å². The number of amides is 4. The van der Waals surface area contributed by atoms with Crippen LogP contribution in [0.25, 0.3) is 0 Å². The molecule has 0 heterocycles. The molecular formula is C37H51N9O5. The average molecular weight is 702 g/mol. The van der Waals surface area contributed by atoms with E-state index in [-0.39, 0.29) is 43.2 Å². The van der Waals surface area contributed by atoms with Crippen molar-refractivity contribution >= 4 is 46.7 Å². The summed E-state index contributed by atoms with van der Waals surface area (Å²) in [4.78, 5) is 52.3. The third-order valence-electron chi connectivity index (χ3n) is 7.81. The lowest BCUT2D eigenvalue weighted by Crippen LogP contribution is -2.49. The van der Waals surface area contributed by atoms with Gasteiger partial charge in [-0.25, -0.2) is 0 Å². The van der Waals surface area contributed by atoms with Crippen LogP contribution >= 0.6 is 0 Å². The van der Waals surface area contributed by atoms with Crippen LogP contribution < -0.4 is 37.6 Å². The third kappa shape index (κ3) is 16.6. The topological polar surface area (TPSA) is 214 Å². The first-order valence-corrected chi connectivity index (χ1v) is 17.2. The van der Waals surface area contributed by atoms with Gasteiger partial charge in [-0.15, -0.1) is 0 Å². The van der Waals surface area contributed by atoms with Crippen LogP contribution in [0, 0.1) is 5.41 Å². The molecule has 0 unspecified atom stereocenters. The lowest BCUT2D eigenvalue weighted by Gasteiger charge is -2.23. The number of hydrogen-bond acceptors (Lipinski definition) is 8. The Kier molecular flexibility index (Phi) is 17.9. The molecule has 0 aliphatic rings. The number of nitrogens with zero attached hydrogens (tertiary/aromatic N) is 1. The maximum absolute atomic E-state index is 13.1. The highest BCUT2D eigenvalue weighted by Crippen LogP contribution is 2.12. The van der Waals surface area contributed by atoms with Gasteiger partial charge in [0.1, 0.15) is 6.04 Å². The van der Waals surface area contributed by atoms with Gasteiger partial charge in [0.05, 0.1) is 19.7 Å². The van der Waals surface area contributed by atoms with Crippen LogP contribution in [0.4, 0.5) is 17.1 Å². The summed E-state index contributed by atoms with van der Waals surface area (Å²) in [7, 11) is 0. The van der Waals surface area contributed by atoms with Gasteiger partial charge < -0.3 is 47.6 Å². The molecule has 0 aliphatic heterocycles. The Morgan fingerprint density at radius 2 is 1.31 bits per heavy atom. The Hall–Kier alpha value is -5.63. The molecule has 0 fully saturated rings. The standard InChI is InChI=1S/C37H51N9O5/c38-37(39)44-31-19-17-28(18-20-31)11-9-16-33(48)45-32(27-47)36(51)41-21-7-8-23-46(35(50)26-43-30-14-5-2-6-15-30)24-10-22-40-34(49)25-42-29-12-3-1-4-13-29/h1-6,12-15,17-20,32,42-43,47H,7-11,16,21-27H2,(H,40,49)(H,41,51)(H,45,48)(H4,38,39,44)/t32-/m0/s1. The van der Waals surface area contributed by atoms with E-state index in [1.54, 1.807) is 17.0 Å². The number of guanidine groups is 1. The van der Waals surface area contributed by atoms with Gasteiger partial charge in [0.15, 0.2) is 5.96 Å². The normalized spacial score (nSPS) is 11.1. The SMILES string of the molecule is N=C(N)Nc1ccc(CCCC(=O)N[C@@H](CO)C(=O)NCCCCN(CCCNC(=O)CNc2ccccc2)C(=O)CNc2ccccc2)cc1. The van der Waals surface area contributed by atoms with E-state index in [2.05, 4.69) is 31.9 Å². The minimum atomic E-state index is -1.06. The first kappa shape index (κ1) is 39.8. The molecular weight excluding hydrogens is 650 g/mol. The fourth-order valence-electron chi connectivity index (χ4n) is 5.09. The van der Waals surface area contributed by atoms with E-state index in [0.29, 0.717) is 64.0 Å². The molecule has 0 radical (unpaired) electrons. The summed E-state index contributed by atoms with van der Waals surface area (Å²) in [5.74, 6) is -1.17. The number of benzene rings is 3. The largest absolute Gasteiger partial charge is 0.394 e. The third-order valence-corrected chi connectivity index (χ3v) is 7.81. The molecule has 3 aromatic rings. The fraction of sp³-hybridized carbons (Fsp3) is 0.378. The number of unbranched alkanes of at least 4 members (excludes halogenated alkanes) is 1. The summed E-state index contributed by atoms with van der Waals surface area (Å²) in [6.07, 6.45) is 3.16. The van der Waals surface area contributed by atoms with Gasteiger partial charge in [0, 0.05) is 49.7 Å². The molecule has 3 rings (SSSR count). The van der Waals surface area contributed by atoms with Crippen molar-refractivity contribution in [3.8, 4) is 0 Å². The zero-order valence-electron chi connectivity index (χ0n) is 29.0. The lowest BCUT2D eigenvalue weighted by atomic mass is 10.1. The zero-order valence-corrected chi connectivity index (χ0v) is 29.0. The van der Waals surface area contributed by atoms with Gasteiger partial charge in [-0.2, -0.15) is 0 Å². The van der Waals surface area contributed by atoms with Crippen molar-refractivity contribution in [1.82, 2.24) is 20.9 Å². The van der Waals surface area contributed by atoms with E-state index in [0.717, 1.165) is 16.9 Å². The summed E-state index contributed by atoms with van der Waals surface area (Å²) >= 11 is 0. The second-order valence-corrected chi connectivity index (χ2v) is 11.9. The number of aryl methyl sites for hydroxylation is 1. The van der Waals surface area contributed by atoms with Crippen molar-refractivity contribution in [2.75, 3.05) is 61.8 Å². The van der Waals surface area contributed by atoms with Gasteiger partial charge in [0.2, 0.25) is 23.6 Å². The first-order chi connectivity index (χ1) is 24.7. The molecule has 274 valence electrons. The molecule has 51 heavy (non-hydrogen) atoms. The number of carbonyl (C=O) groups excluding carboxylic acids is 4. The molecule has 0 bridgehead atoms. The van der Waals surface area contributed by atoms with Gasteiger partial charge in [-0.1, -0.05) is 48.5 Å². The van der Waals surface area contributed by atoms with Crippen molar-refractivity contribution in [2.45, 2.75) is 44.6 Å². The smallest absolute Gasteiger partial charge is 0.244 e. The zero-order chi connectivity index (χ0) is 36.7. The molecule has 0 spiro atoms. The predicted octanol–water partition coefficient (Wildman–Crippen LogP) is 2.25. The van der Waals surface area contributed by atoms with E-state index >= 15 is 0 Å². The van der Waals surface area contributed by atoms with Crippen LogP contribution in [0.3, 0.4) is 0 Å². The summed E-state index contributed by atoms with van der Waals surface area (Å²) in [6.45, 7) is 1.39. The van der Waals surface area contributed by atoms with Crippen LogP contribution in [0.15, 0.2) is 84.9 Å². The second-order valence-electron chi connectivity index (χ2n) is 11.9. The molecule has 14 heteroatoms. The Labute approximate surface area is 299 Å². The molecule has 4 amide bonds. The number of anilines is 3. The van der Waals surface area contributed by atoms with E-state index in [1.165, 1.54) is 0 Å². The minimum Gasteiger partial charge on any atom is -0.394 e. The van der Waals surface area contributed by atoms with Crippen molar-refractivity contribution in [3.05, 3.63) is 90.5 Å². The number of aliphatic hydroxyl groups excluding tert-OH is 1. The Morgan fingerprint density at radius 1 is 0.706 bits per heavy atom. The van der Waals surface area contributed by atoms with Crippen LogP contribution in [0.1, 0.15) is 37.7 Å². The van der Waals surface area contributed by atoms with Crippen molar-refractivity contribution in [3.63, 3.8) is 0 Å². The quantitative estimate of drug-likeness (QED) is 0.0402. The van der Waals surface area contributed by atoms with E-state index in [9.17, 15) is 24.3 Å². The summed E-state index contributed by atoms with van der Waals surface area (Å²) < 4.78 is 0. The molecule has 0 saturated heterocycles. The Morgan fingerprint density at radius 3 is 1.94 bits per heavy atom. The molecule has 3 aromatic carbocycles. The van der Waals surface area contributed by atoms with Gasteiger partial charge in [-0.3, -0.25) is 24.6 Å². The van der Waals surface area contributed by atoms with Crippen LogP contribution in [-0.4, -0.2) is 91.5 Å². The fourth-order valence-corrected chi connectivity index (χ4v) is 5.09. The van der Waals surface area contributed by atoms with Gasteiger partial charge >= 0.3 is 0 Å².